The largest absolute Gasteiger partial charge is 0.365 e. The molecule has 0 aliphatic rings. The maximum atomic E-state index is 4.74. The molecule has 5 aromatic rings. The number of nitrogens with one attached hydrogen (secondary N) is 2. The van der Waals surface area contributed by atoms with Crippen molar-refractivity contribution in [3.8, 4) is 11.4 Å². The lowest BCUT2D eigenvalue weighted by Gasteiger charge is -2.09. The van der Waals surface area contributed by atoms with Crippen molar-refractivity contribution in [2.24, 2.45) is 7.05 Å². The average Bonchev–Trinajstić information content (AvgIpc) is 3.33. The second-order valence-corrected chi connectivity index (χ2v) is 6.39. The summed E-state index contributed by atoms with van der Waals surface area (Å²) in [4.78, 5) is 16.7. The monoisotopic (exact) mass is 355 g/mol. The van der Waals surface area contributed by atoms with Gasteiger partial charge in [0.15, 0.2) is 11.5 Å². The molecule has 0 aliphatic heterocycles. The molecule has 0 radical (unpaired) electrons. The SMILES string of the molecule is Cn1ncc2c(NCc3ccc4cc[nH]c4c3)nc(-c3ccncc3)nc21. The van der Waals surface area contributed by atoms with E-state index in [1.165, 1.54) is 10.9 Å². The van der Waals surface area contributed by atoms with E-state index < -0.39 is 0 Å². The zero-order chi connectivity index (χ0) is 18.2. The van der Waals surface area contributed by atoms with Crippen molar-refractivity contribution in [3.63, 3.8) is 0 Å². The van der Waals surface area contributed by atoms with Crippen LogP contribution in [0.15, 0.2) is 61.2 Å². The van der Waals surface area contributed by atoms with Crippen LogP contribution in [0, 0.1) is 0 Å². The summed E-state index contributed by atoms with van der Waals surface area (Å²) >= 11 is 0. The highest BCUT2D eigenvalue weighted by Crippen LogP contribution is 2.25. The van der Waals surface area contributed by atoms with Gasteiger partial charge in [0.25, 0.3) is 0 Å². The van der Waals surface area contributed by atoms with Crippen LogP contribution in [0.5, 0.6) is 0 Å². The number of pyridine rings is 1. The first-order valence-electron chi connectivity index (χ1n) is 8.68. The van der Waals surface area contributed by atoms with Gasteiger partial charge in [0.05, 0.1) is 11.6 Å². The highest BCUT2D eigenvalue weighted by atomic mass is 15.3. The molecule has 0 atom stereocenters. The van der Waals surface area contributed by atoms with Gasteiger partial charge in [-0.15, -0.1) is 0 Å². The van der Waals surface area contributed by atoms with Crippen molar-refractivity contribution in [1.82, 2.24) is 29.7 Å². The van der Waals surface area contributed by atoms with Crippen LogP contribution in [0.25, 0.3) is 33.3 Å². The number of aryl methyl sites for hydroxylation is 1. The van der Waals surface area contributed by atoms with E-state index in [2.05, 4.69) is 49.6 Å². The van der Waals surface area contributed by atoms with E-state index in [-0.39, 0.29) is 0 Å². The van der Waals surface area contributed by atoms with E-state index in [0.717, 1.165) is 27.9 Å². The molecule has 0 amide bonds. The lowest BCUT2D eigenvalue weighted by atomic mass is 10.1. The molecule has 132 valence electrons. The topological polar surface area (TPSA) is 84.3 Å². The Hall–Kier alpha value is -3.74. The number of fused-ring (bicyclic) bond motifs is 2. The van der Waals surface area contributed by atoms with Gasteiger partial charge in [-0.25, -0.2) is 9.97 Å². The van der Waals surface area contributed by atoms with Gasteiger partial charge in [-0.2, -0.15) is 5.10 Å². The van der Waals surface area contributed by atoms with E-state index in [9.17, 15) is 0 Å². The van der Waals surface area contributed by atoms with Crippen molar-refractivity contribution in [3.05, 3.63) is 66.7 Å². The first-order valence-corrected chi connectivity index (χ1v) is 8.68. The lowest BCUT2D eigenvalue weighted by molar-refractivity contribution is 0.786. The minimum absolute atomic E-state index is 0.649. The molecule has 0 saturated heterocycles. The summed E-state index contributed by atoms with van der Waals surface area (Å²) in [5.74, 6) is 1.42. The van der Waals surface area contributed by atoms with Crippen LogP contribution in [0.3, 0.4) is 0 Å². The van der Waals surface area contributed by atoms with Crippen molar-refractivity contribution in [1.29, 1.82) is 0 Å². The first kappa shape index (κ1) is 15.5. The summed E-state index contributed by atoms with van der Waals surface area (Å²) in [6.07, 6.45) is 7.23. The maximum absolute atomic E-state index is 4.74. The Morgan fingerprint density at radius 3 is 2.85 bits per heavy atom. The summed E-state index contributed by atoms with van der Waals surface area (Å²) in [5.41, 5.74) is 4.01. The van der Waals surface area contributed by atoms with Crippen molar-refractivity contribution < 1.29 is 0 Å². The molecule has 4 aromatic heterocycles. The van der Waals surface area contributed by atoms with Gasteiger partial charge in [-0.1, -0.05) is 12.1 Å². The quantitative estimate of drug-likeness (QED) is 0.515. The highest BCUT2D eigenvalue weighted by Gasteiger charge is 2.13. The molecule has 5 rings (SSSR count). The fourth-order valence-electron chi connectivity index (χ4n) is 3.18. The zero-order valence-electron chi connectivity index (χ0n) is 14.7. The molecule has 4 heterocycles. The van der Waals surface area contributed by atoms with Crippen molar-refractivity contribution in [2.75, 3.05) is 5.32 Å². The normalized spacial score (nSPS) is 11.3. The lowest BCUT2D eigenvalue weighted by Crippen LogP contribution is -2.04. The molecule has 0 bridgehead atoms. The van der Waals surface area contributed by atoms with Gasteiger partial charge in [0.2, 0.25) is 0 Å². The maximum Gasteiger partial charge on any atom is 0.164 e. The predicted octanol–water partition coefficient (Wildman–Crippen LogP) is 3.52. The Kier molecular flexibility index (Phi) is 3.57. The molecule has 1 aromatic carbocycles. The highest BCUT2D eigenvalue weighted by molar-refractivity contribution is 5.88. The van der Waals surface area contributed by atoms with Gasteiger partial charge in [0, 0.05) is 43.3 Å². The third-order valence-electron chi connectivity index (χ3n) is 4.61. The number of aromatic amines is 1. The molecule has 0 spiro atoms. The van der Waals surface area contributed by atoms with Crippen LogP contribution in [0.2, 0.25) is 0 Å². The second-order valence-electron chi connectivity index (χ2n) is 6.39. The molecule has 0 saturated carbocycles. The number of hydrogen-bond acceptors (Lipinski definition) is 5. The van der Waals surface area contributed by atoms with Gasteiger partial charge in [-0.3, -0.25) is 9.67 Å². The first-order chi connectivity index (χ1) is 13.3. The van der Waals surface area contributed by atoms with Crippen LogP contribution >= 0.6 is 0 Å². The number of rotatable bonds is 4. The molecule has 0 fully saturated rings. The van der Waals surface area contributed by atoms with Crippen LogP contribution in [0.1, 0.15) is 5.56 Å². The number of H-pyrrole nitrogens is 1. The summed E-state index contributed by atoms with van der Waals surface area (Å²) in [7, 11) is 1.88. The minimum Gasteiger partial charge on any atom is -0.365 e. The Labute approximate surface area is 155 Å². The van der Waals surface area contributed by atoms with E-state index in [1.54, 1.807) is 23.3 Å². The fraction of sp³-hybridized carbons (Fsp3) is 0.100. The van der Waals surface area contributed by atoms with Gasteiger partial charge >= 0.3 is 0 Å². The molecule has 0 aliphatic carbocycles. The summed E-state index contributed by atoms with van der Waals surface area (Å²) in [5, 5.41) is 9.89. The third-order valence-corrected chi connectivity index (χ3v) is 4.61. The summed E-state index contributed by atoms with van der Waals surface area (Å²) in [6.45, 7) is 0.658. The van der Waals surface area contributed by atoms with E-state index in [1.807, 2.05) is 25.4 Å². The van der Waals surface area contributed by atoms with E-state index in [0.29, 0.717) is 12.4 Å². The molecule has 27 heavy (non-hydrogen) atoms. The number of nitrogens with zero attached hydrogens (tertiary/aromatic N) is 5. The number of aromatic nitrogens is 6. The molecule has 7 nitrogen and oxygen atoms in total. The summed E-state index contributed by atoms with van der Waals surface area (Å²) < 4.78 is 1.76. The smallest absolute Gasteiger partial charge is 0.164 e. The van der Waals surface area contributed by atoms with Gasteiger partial charge in [0.1, 0.15) is 5.82 Å². The van der Waals surface area contributed by atoms with Crippen LogP contribution in [-0.4, -0.2) is 29.7 Å². The number of hydrogen-bond donors (Lipinski definition) is 2. The zero-order valence-corrected chi connectivity index (χ0v) is 14.7. The predicted molar refractivity (Wildman–Crippen MR) is 105 cm³/mol. The second kappa shape index (κ2) is 6.21. The van der Waals surface area contributed by atoms with E-state index >= 15 is 0 Å². The van der Waals surface area contributed by atoms with Crippen molar-refractivity contribution in [2.45, 2.75) is 6.54 Å². The van der Waals surface area contributed by atoms with Crippen molar-refractivity contribution >= 4 is 27.8 Å². The Bertz CT molecular complexity index is 1240. The van der Waals surface area contributed by atoms with Gasteiger partial charge < -0.3 is 10.3 Å². The minimum atomic E-state index is 0.649. The Morgan fingerprint density at radius 1 is 1.07 bits per heavy atom. The fourth-order valence-corrected chi connectivity index (χ4v) is 3.18. The summed E-state index contributed by atoms with van der Waals surface area (Å²) in [6, 6.07) is 12.3. The molecular formula is C20H17N7. The molecule has 2 N–H and O–H groups in total. The standard InChI is InChI=1S/C20H17N7/c1-27-20-16(12-24-27)19(25-18(26-20)15-4-7-21-8-5-15)23-11-13-2-3-14-6-9-22-17(14)10-13/h2-10,12,22H,11H2,1H3,(H,23,25,26). The Balaban J connectivity index is 1.53. The Morgan fingerprint density at radius 2 is 1.96 bits per heavy atom. The average molecular weight is 355 g/mol. The van der Waals surface area contributed by atoms with E-state index in [4.69, 9.17) is 4.98 Å². The van der Waals surface area contributed by atoms with Crippen LogP contribution < -0.4 is 5.32 Å². The van der Waals surface area contributed by atoms with Gasteiger partial charge in [-0.05, 0) is 35.2 Å². The number of benzene rings is 1. The molecule has 7 heteroatoms. The van der Waals surface area contributed by atoms with Crippen LogP contribution in [-0.2, 0) is 13.6 Å². The molecule has 0 unspecified atom stereocenters. The van der Waals surface area contributed by atoms with Crippen LogP contribution in [0.4, 0.5) is 5.82 Å². The third kappa shape index (κ3) is 2.79. The molecular weight excluding hydrogens is 338 g/mol. The number of anilines is 1.